The third kappa shape index (κ3) is 3.55. The topological polar surface area (TPSA) is 33.2 Å². The number of amides is 1. The number of nitrogens with zero attached hydrogens (tertiary/aromatic N) is 2. The van der Waals surface area contributed by atoms with E-state index >= 15 is 0 Å². The summed E-state index contributed by atoms with van der Waals surface area (Å²) in [6.45, 7) is 4.12. The molecule has 1 amide bonds. The Balaban J connectivity index is 1.93. The van der Waals surface area contributed by atoms with Gasteiger partial charge in [0, 0.05) is 28.1 Å². The molecule has 24 heavy (non-hydrogen) atoms. The van der Waals surface area contributed by atoms with Crippen LogP contribution in [0.3, 0.4) is 0 Å². The highest BCUT2D eigenvalue weighted by atomic mass is 35.5. The maximum atomic E-state index is 12.8. The Kier molecular flexibility index (Phi) is 5.08. The predicted molar refractivity (Wildman–Crippen MR) is 101 cm³/mol. The summed E-state index contributed by atoms with van der Waals surface area (Å²) >= 11 is 7.43. The predicted octanol–water partition coefficient (Wildman–Crippen LogP) is 5.30. The maximum Gasteiger partial charge on any atom is 0.260 e. The van der Waals surface area contributed by atoms with Crippen molar-refractivity contribution in [3.63, 3.8) is 0 Å². The third-order valence-corrected chi connectivity index (χ3v) is 4.52. The number of hydrogen-bond donors (Lipinski definition) is 0. The van der Waals surface area contributed by atoms with Crippen LogP contribution in [0, 0.1) is 0 Å². The molecule has 0 radical (unpaired) electrons. The standard InChI is InChI=1S/C19H15ClN2OS/c1-2-11-22(18(23)15-9-6-10-16(20)12-15)19-21-17(13-24-19)14-7-4-3-5-8-14/h2-10,12-13H,1,11H2. The van der Waals surface area contributed by atoms with Gasteiger partial charge in [-0.1, -0.05) is 54.1 Å². The summed E-state index contributed by atoms with van der Waals surface area (Å²) in [5.41, 5.74) is 2.40. The van der Waals surface area contributed by atoms with Gasteiger partial charge in [0.05, 0.1) is 5.69 Å². The molecule has 0 unspecified atom stereocenters. The summed E-state index contributed by atoms with van der Waals surface area (Å²) in [4.78, 5) is 19.0. The minimum atomic E-state index is -0.147. The lowest BCUT2D eigenvalue weighted by Crippen LogP contribution is -2.30. The molecule has 1 aromatic heterocycles. The Morgan fingerprint density at radius 1 is 1.21 bits per heavy atom. The molecule has 0 atom stereocenters. The lowest BCUT2D eigenvalue weighted by Gasteiger charge is -2.18. The van der Waals surface area contributed by atoms with Crippen LogP contribution in [-0.4, -0.2) is 17.4 Å². The van der Waals surface area contributed by atoms with Gasteiger partial charge < -0.3 is 0 Å². The number of rotatable bonds is 5. The van der Waals surface area contributed by atoms with Crippen molar-refractivity contribution in [1.29, 1.82) is 0 Å². The Morgan fingerprint density at radius 2 is 2.00 bits per heavy atom. The quantitative estimate of drug-likeness (QED) is 0.583. The van der Waals surface area contributed by atoms with Gasteiger partial charge in [0.15, 0.2) is 5.13 Å². The highest BCUT2D eigenvalue weighted by molar-refractivity contribution is 7.14. The molecule has 5 heteroatoms. The van der Waals surface area contributed by atoms with Crippen LogP contribution < -0.4 is 4.90 Å². The number of hydrogen-bond acceptors (Lipinski definition) is 3. The molecule has 0 saturated carbocycles. The van der Waals surface area contributed by atoms with Gasteiger partial charge in [-0.25, -0.2) is 4.98 Å². The lowest BCUT2D eigenvalue weighted by atomic mass is 10.2. The third-order valence-electron chi connectivity index (χ3n) is 3.42. The van der Waals surface area contributed by atoms with Crippen molar-refractivity contribution in [2.24, 2.45) is 0 Å². The summed E-state index contributed by atoms with van der Waals surface area (Å²) in [5, 5.41) is 3.12. The van der Waals surface area contributed by atoms with Crippen LogP contribution in [0.15, 0.2) is 72.6 Å². The molecule has 0 bridgehead atoms. The van der Waals surface area contributed by atoms with Crippen molar-refractivity contribution in [3.05, 3.63) is 83.2 Å². The van der Waals surface area contributed by atoms with Crippen LogP contribution in [0.2, 0.25) is 5.02 Å². The minimum absolute atomic E-state index is 0.147. The van der Waals surface area contributed by atoms with E-state index in [0.29, 0.717) is 22.3 Å². The molecule has 120 valence electrons. The fraction of sp³-hybridized carbons (Fsp3) is 0.0526. The van der Waals surface area contributed by atoms with E-state index in [9.17, 15) is 4.79 Å². The zero-order chi connectivity index (χ0) is 16.9. The van der Waals surface area contributed by atoms with E-state index in [1.54, 1.807) is 35.2 Å². The second-order valence-electron chi connectivity index (χ2n) is 5.10. The van der Waals surface area contributed by atoms with E-state index in [4.69, 9.17) is 11.6 Å². The normalized spacial score (nSPS) is 10.4. The molecule has 0 aliphatic carbocycles. The number of thiazole rings is 1. The zero-order valence-electron chi connectivity index (χ0n) is 12.9. The molecule has 0 aliphatic heterocycles. The Bertz CT molecular complexity index is 861. The van der Waals surface area contributed by atoms with Crippen LogP contribution >= 0.6 is 22.9 Å². The van der Waals surface area contributed by atoms with Crippen LogP contribution in [0.25, 0.3) is 11.3 Å². The van der Waals surface area contributed by atoms with E-state index in [0.717, 1.165) is 11.3 Å². The smallest absolute Gasteiger partial charge is 0.260 e. The Morgan fingerprint density at radius 3 is 2.71 bits per heavy atom. The van der Waals surface area contributed by atoms with Crippen LogP contribution in [-0.2, 0) is 0 Å². The number of benzene rings is 2. The molecule has 0 fully saturated rings. The molecule has 1 heterocycles. The van der Waals surface area contributed by atoms with Crippen molar-refractivity contribution in [3.8, 4) is 11.3 Å². The van der Waals surface area contributed by atoms with Crippen LogP contribution in [0.5, 0.6) is 0 Å². The van der Waals surface area contributed by atoms with Gasteiger partial charge in [-0.2, -0.15) is 0 Å². The van der Waals surface area contributed by atoms with Crippen molar-refractivity contribution < 1.29 is 4.79 Å². The van der Waals surface area contributed by atoms with E-state index in [1.807, 2.05) is 35.7 Å². The molecular formula is C19H15ClN2OS. The minimum Gasteiger partial charge on any atom is -0.280 e. The summed E-state index contributed by atoms with van der Waals surface area (Å²) in [6, 6.07) is 16.8. The summed E-state index contributed by atoms with van der Waals surface area (Å²) < 4.78 is 0. The van der Waals surface area contributed by atoms with Gasteiger partial charge in [-0.05, 0) is 18.2 Å². The molecule has 0 saturated heterocycles. The maximum absolute atomic E-state index is 12.8. The fourth-order valence-electron chi connectivity index (χ4n) is 2.28. The summed E-state index contributed by atoms with van der Waals surface area (Å²) in [7, 11) is 0. The number of halogens is 1. The molecule has 0 spiro atoms. The number of carbonyl (C=O) groups excluding carboxylic acids is 1. The molecule has 2 aromatic carbocycles. The highest BCUT2D eigenvalue weighted by Crippen LogP contribution is 2.28. The fourth-order valence-corrected chi connectivity index (χ4v) is 3.32. The van der Waals surface area contributed by atoms with Gasteiger partial charge in [-0.3, -0.25) is 9.69 Å². The molecule has 3 aromatic rings. The number of carbonyl (C=O) groups is 1. The zero-order valence-corrected chi connectivity index (χ0v) is 14.4. The molecular weight excluding hydrogens is 340 g/mol. The van der Waals surface area contributed by atoms with Gasteiger partial charge in [-0.15, -0.1) is 17.9 Å². The first-order valence-corrected chi connectivity index (χ1v) is 8.64. The van der Waals surface area contributed by atoms with Crippen LogP contribution in [0.1, 0.15) is 10.4 Å². The average molecular weight is 355 g/mol. The number of aromatic nitrogens is 1. The van der Waals surface area contributed by atoms with Crippen molar-refractivity contribution in [2.75, 3.05) is 11.4 Å². The van der Waals surface area contributed by atoms with E-state index in [-0.39, 0.29) is 5.91 Å². The lowest BCUT2D eigenvalue weighted by molar-refractivity contribution is 0.0989. The Hall–Kier alpha value is -2.43. The SMILES string of the molecule is C=CCN(C(=O)c1cccc(Cl)c1)c1nc(-c2ccccc2)cs1. The average Bonchev–Trinajstić information content (AvgIpc) is 3.09. The molecule has 3 rings (SSSR count). The van der Waals surface area contributed by atoms with Crippen molar-refractivity contribution in [2.45, 2.75) is 0 Å². The van der Waals surface area contributed by atoms with Gasteiger partial charge in [0.2, 0.25) is 0 Å². The van der Waals surface area contributed by atoms with Gasteiger partial charge in [0.1, 0.15) is 0 Å². The number of anilines is 1. The van der Waals surface area contributed by atoms with Gasteiger partial charge in [0.25, 0.3) is 5.91 Å². The Labute approximate surface area is 149 Å². The van der Waals surface area contributed by atoms with E-state index < -0.39 is 0 Å². The van der Waals surface area contributed by atoms with Crippen molar-refractivity contribution in [1.82, 2.24) is 4.98 Å². The molecule has 0 N–H and O–H groups in total. The van der Waals surface area contributed by atoms with Gasteiger partial charge >= 0.3 is 0 Å². The van der Waals surface area contributed by atoms with E-state index in [1.165, 1.54) is 11.3 Å². The summed E-state index contributed by atoms with van der Waals surface area (Å²) in [6.07, 6.45) is 1.69. The van der Waals surface area contributed by atoms with Crippen molar-refractivity contribution >= 4 is 34.0 Å². The second-order valence-corrected chi connectivity index (χ2v) is 6.37. The first kappa shape index (κ1) is 16.4. The first-order chi connectivity index (χ1) is 11.7. The molecule has 3 nitrogen and oxygen atoms in total. The first-order valence-electron chi connectivity index (χ1n) is 7.38. The highest BCUT2D eigenvalue weighted by Gasteiger charge is 2.20. The molecule has 0 aliphatic rings. The second kappa shape index (κ2) is 7.43. The van der Waals surface area contributed by atoms with E-state index in [2.05, 4.69) is 11.6 Å². The summed E-state index contributed by atoms with van der Waals surface area (Å²) in [5.74, 6) is -0.147. The monoisotopic (exact) mass is 354 g/mol. The van der Waals surface area contributed by atoms with Crippen LogP contribution in [0.4, 0.5) is 5.13 Å². The largest absolute Gasteiger partial charge is 0.280 e.